The number of hydrogen-bond acceptors (Lipinski definition) is 4. The molecule has 4 nitrogen and oxygen atoms in total. The van der Waals surface area contributed by atoms with E-state index in [0.717, 1.165) is 5.56 Å². The maximum absolute atomic E-state index is 5.40. The number of hydrogen-bond donors (Lipinski definition) is 1. The van der Waals surface area contributed by atoms with Crippen LogP contribution in [0.4, 0.5) is 5.95 Å². The van der Waals surface area contributed by atoms with Crippen molar-refractivity contribution in [2.24, 2.45) is 0 Å². The van der Waals surface area contributed by atoms with Crippen LogP contribution >= 0.6 is 0 Å². The van der Waals surface area contributed by atoms with Crippen molar-refractivity contribution in [1.82, 2.24) is 9.97 Å². The van der Waals surface area contributed by atoms with Gasteiger partial charge in [-0.25, -0.2) is 4.98 Å². The molecule has 0 saturated heterocycles. The van der Waals surface area contributed by atoms with Gasteiger partial charge in [0.2, 0.25) is 11.8 Å². The number of ether oxygens (including phenoxy) is 1. The van der Waals surface area contributed by atoms with E-state index < -0.39 is 0 Å². The first kappa shape index (κ1) is 8.77. The molecule has 0 amide bonds. The second kappa shape index (κ2) is 3.38. The van der Waals surface area contributed by atoms with Gasteiger partial charge in [-0.1, -0.05) is 0 Å². The first-order valence-electron chi connectivity index (χ1n) is 3.85. The average Bonchev–Trinajstić information content (AvgIpc) is 1.96. The van der Waals surface area contributed by atoms with E-state index in [4.69, 9.17) is 10.5 Å². The Kier molecular flexibility index (Phi) is 2.47. The summed E-state index contributed by atoms with van der Waals surface area (Å²) in [6, 6.07) is 0. The summed E-state index contributed by atoms with van der Waals surface area (Å²) >= 11 is 0. The summed E-state index contributed by atoms with van der Waals surface area (Å²) in [7, 11) is 0. The van der Waals surface area contributed by atoms with Crippen molar-refractivity contribution < 1.29 is 4.74 Å². The molecule has 0 unspecified atom stereocenters. The molecule has 0 aliphatic carbocycles. The number of rotatable bonds is 2. The molecule has 0 radical (unpaired) electrons. The molecule has 0 aliphatic heterocycles. The largest absolute Gasteiger partial charge is 0.475 e. The third-order valence-corrected chi connectivity index (χ3v) is 1.29. The maximum Gasteiger partial charge on any atom is 0.223 e. The van der Waals surface area contributed by atoms with Crippen LogP contribution in [0, 0.1) is 6.92 Å². The molecule has 0 aromatic carbocycles. The van der Waals surface area contributed by atoms with Crippen molar-refractivity contribution in [2.75, 3.05) is 5.73 Å². The summed E-state index contributed by atoms with van der Waals surface area (Å²) in [6.07, 6.45) is 1.76. The highest BCUT2D eigenvalue weighted by Gasteiger charge is 2.04. The quantitative estimate of drug-likeness (QED) is 0.717. The van der Waals surface area contributed by atoms with Crippen molar-refractivity contribution in [3.63, 3.8) is 0 Å². The monoisotopic (exact) mass is 167 g/mol. The number of nitrogens with zero attached hydrogens (tertiary/aromatic N) is 2. The Hall–Kier alpha value is -1.32. The smallest absolute Gasteiger partial charge is 0.223 e. The lowest BCUT2D eigenvalue weighted by molar-refractivity contribution is 0.231. The van der Waals surface area contributed by atoms with Gasteiger partial charge in [-0.05, 0) is 20.8 Å². The summed E-state index contributed by atoms with van der Waals surface area (Å²) in [5, 5.41) is 0. The van der Waals surface area contributed by atoms with Crippen LogP contribution in [0.5, 0.6) is 5.88 Å². The summed E-state index contributed by atoms with van der Waals surface area (Å²) in [5.41, 5.74) is 6.30. The van der Waals surface area contributed by atoms with E-state index in [1.165, 1.54) is 0 Å². The van der Waals surface area contributed by atoms with Crippen LogP contribution in [0.2, 0.25) is 0 Å². The minimum absolute atomic E-state index is 0.109. The minimum atomic E-state index is 0.109. The Morgan fingerprint density at radius 2 is 2.17 bits per heavy atom. The second-order valence-corrected chi connectivity index (χ2v) is 2.88. The molecule has 1 aromatic heterocycles. The van der Waals surface area contributed by atoms with Gasteiger partial charge in [0.15, 0.2) is 0 Å². The Morgan fingerprint density at radius 3 is 2.75 bits per heavy atom. The van der Waals surface area contributed by atoms with E-state index in [0.29, 0.717) is 5.88 Å². The first-order chi connectivity index (χ1) is 5.59. The molecular formula is C8H13N3O. The van der Waals surface area contributed by atoms with Crippen LogP contribution < -0.4 is 10.5 Å². The van der Waals surface area contributed by atoms with Crippen molar-refractivity contribution in [3.05, 3.63) is 11.8 Å². The Morgan fingerprint density at radius 1 is 1.50 bits per heavy atom. The molecule has 1 heterocycles. The predicted octanol–water partition coefficient (Wildman–Crippen LogP) is 1.15. The number of nitrogen functional groups attached to an aromatic ring is 1. The van der Waals surface area contributed by atoms with Crippen LogP contribution in [0.25, 0.3) is 0 Å². The maximum atomic E-state index is 5.40. The summed E-state index contributed by atoms with van der Waals surface area (Å²) in [6.45, 7) is 5.77. The van der Waals surface area contributed by atoms with E-state index in [-0.39, 0.29) is 12.1 Å². The van der Waals surface area contributed by atoms with Crippen molar-refractivity contribution in [1.29, 1.82) is 0 Å². The first-order valence-corrected chi connectivity index (χ1v) is 3.85. The van der Waals surface area contributed by atoms with Crippen LogP contribution in [-0.2, 0) is 0 Å². The molecule has 0 bridgehead atoms. The molecule has 4 heteroatoms. The van der Waals surface area contributed by atoms with Gasteiger partial charge >= 0.3 is 0 Å². The van der Waals surface area contributed by atoms with Gasteiger partial charge in [-0.15, -0.1) is 0 Å². The number of aromatic nitrogens is 2. The molecule has 1 aromatic rings. The SMILES string of the molecule is Cc1cnc(N)nc1OC(C)C. The molecule has 0 fully saturated rings. The average molecular weight is 167 g/mol. The molecule has 0 atom stereocenters. The lowest BCUT2D eigenvalue weighted by atomic mass is 10.3. The fourth-order valence-electron chi connectivity index (χ4n) is 0.782. The van der Waals surface area contributed by atoms with Crippen molar-refractivity contribution in [2.45, 2.75) is 26.9 Å². The van der Waals surface area contributed by atoms with E-state index >= 15 is 0 Å². The zero-order valence-electron chi connectivity index (χ0n) is 7.53. The molecule has 0 aliphatic rings. The molecule has 1 rings (SSSR count). The lowest BCUT2D eigenvalue weighted by Crippen LogP contribution is -2.09. The highest BCUT2D eigenvalue weighted by molar-refractivity contribution is 5.28. The highest BCUT2D eigenvalue weighted by Crippen LogP contribution is 2.14. The summed E-state index contributed by atoms with van der Waals surface area (Å²) in [5.74, 6) is 0.814. The molecule has 2 N–H and O–H groups in total. The zero-order valence-corrected chi connectivity index (χ0v) is 7.53. The number of aryl methyl sites for hydroxylation is 1. The molecular weight excluding hydrogens is 154 g/mol. The molecule has 0 saturated carbocycles. The van der Waals surface area contributed by atoms with E-state index in [9.17, 15) is 0 Å². The zero-order chi connectivity index (χ0) is 9.14. The third kappa shape index (κ3) is 2.08. The minimum Gasteiger partial charge on any atom is -0.475 e. The van der Waals surface area contributed by atoms with Gasteiger partial charge < -0.3 is 10.5 Å². The van der Waals surface area contributed by atoms with Gasteiger partial charge in [0.25, 0.3) is 0 Å². The predicted molar refractivity (Wildman–Crippen MR) is 46.9 cm³/mol. The fourth-order valence-corrected chi connectivity index (χ4v) is 0.782. The molecule has 0 spiro atoms. The van der Waals surface area contributed by atoms with E-state index in [2.05, 4.69) is 9.97 Å². The van der Waals surface area contributed by atoms with Gasteiger partial charge in [0.05, 0.1) is 6.10 Å². The molecule has 12 heavy (non-hydrogen) atoms. The van der Waals surface area contributed by atoms with Crippen molar-refractivity contribution >= 4 is 5.95 Å². The second-order valence-electron chi connectivity index (χ2n) is 2.88. The highest BCUT2D eigenvalue weighted by atomic mass is 16.5. The lowest BCUT2D eigenvalue weighted by Gasteiger charge is -2.10. The van der Waals surface area contributed by atoms with E-state index in [1.54, 1.807) is 6.20 Å². The summed E-state index contributed by atoms with van der Waals surface area (Å²) in [4.78, 5) is 7.79. The normalized spacial score (nSPS) is 10.3. The number of anilines is 1. The standard InChI is InChI=1S/C8H13N3O/c1-5(2)12-7-6(3)4-10-8(9)11-7/h4-5H,1-3H3,(H2,9,10,11). The van der Waals surface area contributed by atoms with Crippen LogP contribution in [0.3, 0.4) is 0 Å². The Labute approximate surface area is 71.8 Å². The fraction of sp³-hybridized carbons (Fsp3) is 0.500. The van der Waals surface area contributed by atoms with Gasteiger partial charge in [-0.2, -0.15) is 4.98 Å². The Bertz CT molecular complexity index is 273. The van der Waals surface area contributed by atoms with Gasteiger partial charge in [-0.3, -0.25) is 0 Å². The van der Waals surface area contributed by atoms with Crippen LogP contribution in [0.1, 0.15) is 19.4 Å². The van der Waals surface area contributed by atoms with Gasteiger partial charge in [0.1, 0.15) is 0 Å². The number of nitrogens with two attached hydrogens (primary N) is 1. The van der Waals surface area contributed by atoms with Crippen LogP contribution in [0.15, 0.2) is 6.20 Å². The molecule has 66 valence electrons. The third-order valence-electron chi connectivity index (χ3n) is 1.29. The van der Waals surface area contributed by atoms with Crippen LogP contribution in [-0.4, -0.2) is 16.1 Å². The Balaban J connectivity index is 2.90. The topological polar surface area (TPSA) is 61.0 Å². The van der Waals surface area contributed by atoms with E-state index in [1.807, 2.05) is 20.8 Å². The van der Waals surface area contributed by atoms with Crippen molar-refractivity contribution in [3.8, 4) is 5.88 Å². The summed E-state index contributed by atoms with van der Waals surface area (Å²) < 4.78 is 5.39. The van der Waals surface area contributed by atoms with Gasteiger partial charge in [0, 0.05) is 11.8 Å².